The van der Waals surface area contributed by atoms with Crippen molar-refractivity contribution in [2.45, 2.75) is 32.4 Å². The van der Waals surface area contributed by atoms with E-state index in [-0.39, 0.29) is 5.91 Å². The maximum atomic E-state index is 13.0. The van der Waals surface area contributed by atoms with Crippen LogP contribution in [0.4, 0.5) is 0 Å². The van der Waals surface area contributed by atoms with Crippen molar-refractivity contribution in [3.05, 3.63) is 52.3 Å². The zero-order valence-corrected chi connectivity index (χ0v) is 15.7. The first-order valence-corrected chi connectivity index (χ1v) is 9.50. The van der Waals surface area contributed by atoms with Gasteiger partial charge in [0.1, 0.15) is 0 Å². The highest BCUT2D eigenvalue weighted by Gasteiger charge is 2.26. The van der Waals surface area contributed by atoms with Crippen LogP contribution in [0, 0.1) is 20.8 Å². The van der Waals surface area contributed by atoms with Crippen LogP contribution in [0.5, 0.6) is 0 Å². The van der Waals surface area contributed by atoms with Crippen LogP contribution in [-0.2, 0) is 7.05 Å². The molecule has 0 bridgehead atoms. The molecule has 24 heavy (non-hydrogen) atoms. The van der Waals surface area contributed by atoms with Gasteiger partial charge in [0.2, 0.25) is 0 Å². The monoisotopic (exact) mass is 343 g/mol. The summed E-state index contributed by atoms with van der Waals surface area (Å²) >= 11 is 1.97. The molecule has 1 aromatic carbocycles. The van der Waals surface area contributed by atoms with Crippen molar-refractivity contribution in [2.75, 3.05) is 18.8 Å². The number of hydrogen-bond donors (Lipinski definition) is 0. The van der Waals surface area contributed by atoms with Crippen LogP contribution >= 0.6 is 11.8 Å². The molecular formula is C19H25N3OS. The number of carbonyl (C=O) groups is 1. The van der Waals surface area contributed by atoms with Crippen LogP contribution in [-0.4, -0.2) is 39.4 Å². The Balaban J connectivity index is 1.76. The molecule has 1 saturated heterocycles. The number of thioether (sulfide) groups is 1. The fourth-order valence-corrected chi connectivity index (χ4v) is 4.74. The smallest absolute Gasteiger partial charge is 0.257 e. The van der Waals surface area contributed by atoms with Crippen molar-refractivity contribution in [1.82, 2.24) is 14.7 Å². The lowest BCUT2D eigenvalue weighted by molar-refractivity contribution is 0.0765. The second-order valence-corrected chi connectivity index (χ2v) is 7.78. The van der Waals surface area contributed by atoms with Crippen molar-refractivity contribution in [3.63, 3.8) is 0 Å². The van der Waals surface area contributed by atoms with E-state index in [1.807, 2.05) is 37.6 Å². The molecule has 1 aromatic heterocycles. The Bertz CT molecular complexity index is 753. The fraction of sp³-hybridized carbons (Fsp3) is 0.474. The molecule has 3 rings (SSSR count). The predicted octanol–water partition coefficient (Wildman–Crippen LogP) is 3.67. The molecule has 1 amide bonds. The summed E-state index contributed by atoms with van der Waals surface area (Å²) in [5.74, 6) is 1.10. The number of hydrogen-bond acceptors (Lipinski definition) is 3. The molecule has 2 heterocycles. The van der Waals surface area contributed by atoms with E-state index >= 15 is 0 Å². The van der Waals surface area contributed by atoms with Gasteiger partial charge in [-0.05, 0) is 38.3 Å². The standard InChI is InChI=1S/C19H25N3OS/c1-13-7-5-6-8-16(13)17-9-10-22(11-12-24-17)19(23)18-14(2)20-21(4)15(18)3/h5-8,17H,9-12H2,1-4H3/t17-/m1/s1. The molecule has 4 nitrogen and oxygen atoms in total. The van der Waals surface area contributed by atoms with Gasteiger partial charge in [0, 0.05) is 36.8 Å². The molecule has 2 aromatic rings. The summed E-state index contributed by atoms with van der Waals surface area (Å²) in [6.07, 6.45) is 1.000. The molecule has 0 spiro atoms. The largest absolute Gasteiger partial charge is 0.338 e. The molecule has 128 valence electrons. The minimum Gasteiger partial charge on any atom is -0.338 e. The van der Waals surface area contributed by atoms with Gasteiger partial charge in [-0.2, -0.15) is 16.9 Å². The Morgan fingerprint density at radius 3 is 2.62 bits per heavy atom. The summed E-state index contributed by atoms with van der Waals surface area (Å²) in [5.41, 5.74) is 5.30. The highest BCUT2D eigenvalue weighted by atomic mass is 32.2. The molecule has 1 fully saturated rings. The predicted molar refractivity (Wildman–Crippen MR) is 99.6 cm³/mol. The molecule has 1 atom stereocenters. The van der Waals surface area contributed by atoms with Crippen LogP contribution < -0.4 is 0 Å². The molecule has 1 aliphatic heterocycles. The molecule has 5 heteroatoms. The number of aryl methyl sites for hydroxylation is 3. The molecule has 0 aliphatic carbocycles. The second-order valence-electron chi connectivity index (χ2n) is 6.47. The van der Waals surface area contributed by atoms with Gasteiger partial charge in [-0.15, -0.1) is 0 Å². The summed E-state index contributed by atoms with van der Waals surface area (Å²) in [6.45, 7) is 7.67. The maximum Gasteiger partial charge on any atom is 0.257 e. The third kappa shape index (κ3) is 3.22. The number of rotatable bonds is 2. The third-order valence-electron chi connectivity index (χ3n) is 4.89. The number of aromatic nitrogens is 2. The number of carbonyl (C=O) groups excluding carboxylic acids is 1. The average molecular weight is 343 g/mol. The minimum absolute atomic E-state index is 0.129. The van der Waals surface area contributed by atoms with Crippen molar-refractivity contribution < 1.29 is 4.79 Å². The lowest BCUT2D eigenvalue weighted by Gasteiger charge is -2.21. The first kappa shape index (κ1) is 17.1. The van der Waals surface area contributed by atoms with Crippen LogP contribution in [0.25, 0.3) is 0 Å². The van der Waals surface area contributed by atoms with E-state index in [4.69, 9.17) is 0 Å². The molecule has 0 N–H and O–H groups in total. The number of amides is 1. The Labute approximate surface area is 148 Å². The zero-order chi connectivity index (χ0) is 17.3. The van der Waals surface area contributed by atoms with Crippen molar-refractivity contribution in [3.8, 4) is 0 Å². The van der Waals surface area contributed by atoms with Crippen LogP contribution in [0.15, 0.2) is 24.3 Å². The summed E-state index contributed by atoms with van der Waals surface area (Å²) in [7, 11) is 1.89. The van der Waals surface area contributed by atoms with E-state index in [1.165, 1.54) is 11.1 Å². The minimum atomic E-state index is 0.129. The Morgan fingerprint density at radius 2 is 1.96 bits per heavy atom. The Kier molecular flexibility index (Phi) is 4.99. The Morgan fingerprint density at radius 1 is 1.21 bits per heavy atom. The fourth-order valence-electron chi connectivity index (χ4n) is 3.41. The molecular weight excluding hydrogens is 318 g/mol. The summed E-state index contributed by atoms with van der Waals surface area (Å²) in [4.78, 5) is 15.0. The average Bonchev–Trinajstić information content (AvgIpc) is 2.73. The summed E-state index contributed by atoms with van der Waals surface area (Å²) in [6, 6.07) is 8.59. The topological polar surface area (TPSA) is 38.1 Å². The van der Waals surface area contributed by atoms with Gasteiger partial charge in [0.15, 0.2) is 0 Å². The first-order chi connectivity index (χ1) is 11.5. The zero-order valence-electron chi connectivity index (χ0n) is 14.9. The first-order valence-electron chi connectivity index (χ1n) is 8.45. The van der Waals surface area contributed by atoms with Crippen LogP contribution in [0.3, 0.4) is 0 Å². The van der Waals surface area contributed by atoms with Gasteiger partial charge in [0.05, 0.1) is 11.3 Å². The van der Waals surface area contributed by atoms with Gasteiger partial charge in [-0.3, -0.25) is 9.48 Å². The molecule has 0 unspecified atom stereocenters. The van der Waals surface area contributed by atoms with Gasteiger partial charge in [-0.1, -0.05) is 24.3 Å². The van der Waals surface area contributed by atoms with E-state index in [9.17, 15) is 4.79 Å². The highest BCUT2D eigenvalue weighted by Crippen LogP contribution is 2.36. The quantitative estimate of drug-likeness (QED) is 0.835. The second kappa shape index (κ2) is 7.01. The number of nitrogens with zero attached hydrogens (tertiary/aromatic N) is 3. The maximum absolute atomic E-state index is 13.0. The highest BCUT2D eigenvalue weighted by molar-refractivity contribution is 7.99. The lowest BCUT2D eigenvalue weighted by Crippen LogP contribution is -2.33. The molecule has 0 radical (unpaired) electrons. The van der Waals surface area contributed by atoms with E-state index in [0.29, 0.717) is 5.25 Å². The van der Waals surface area contributed by atoms with E-state index < -0.39 is 0 Å². The third-order valence-corrected chi connectivity index (χ3v) is 6.20. The van der Waals surface area contributed by atoms with Gasteiger partial charge in [-0.25, -0.2) is 0 Å². The van der Waals surface area contributed by atoms with Crippen molar-refractivity contribution in [1.29, 1.82) is 0 Å². The number of benzene rings is 1. The van der Waals surface area contributed by atoms with E-state index in [2.05, 4.69) is 36.3 Å². The Hall–Kier alpha value is -1.75. The summed E-state index contributed by atoms with van der Waals surface area (Å²) in [5, 5.41) is 4.86. The summed E-state index contributed by atoms with van der Waals surface area (Å²) < 4.78 is 1.80. The van der Waals surface area contributed by atoms with Gasteiger partial charge in [0.25, 0.3) is 5.91 Å². The molecule has 1 aliphatic rings. The van der Waals surface area contributed by atoms with Gasteiger partial charge >= 0.3 is 0 Å². The van der Waals surface area contributed by atoms with Crippen molar-refractivity contribution in [2.24, 2.45) is 7.05 Å². The van der Waals surface area contributed by atoms with E-state index in [1.54, 1.807) is 4.68 Å². The SMILES string of the molecule is Cc1ccccc1[C@H]1CCN(C(=O)c2c(C)nn(C)c2C)CCS1. The van der Waals surface area contributed by atoms with E-state index in [0.717, 1.165) is 42.2 Å². The van der Waals surface area contributed by atoms with Crippen LogP contribution in [0.1, 0.15) is 44.5 Å². The van der Waals surface area contributed by atoms with Crippen LogP contribution in [0.2, 0.25) is 0 Å². The lowest BCUT2D eigenvalue weighted by atomic mass is 10.0. The normalized spacial score (nSPS) is 18.5. The van der Waals surface area contributed by atoms with Crippen molar-refractivity contribution >= 4 is 17.7 Å². The van der Waals surface area contributed by atoms with Gasteiger partial charge < -0.3 is 4.90 Å². The molecule has 0 saturated carbocycles.